The Morgan fingerprint density at radius 3 is 3.20 bits per heavy atom. The van der Waals surface area contributed by atoms with Crippen molar-refractivity contribution in [1.29, 1.82) is 0 Å². The van der Waals surface area contributed by atoms with Gasteiger partial charge in [0.25, 0.3) is 0 Å². The molecule has 4 heteroatoms. The first-order valence-corrected chi connectivity index (χ1v) is 7.00. The van der Waals surface area contributed by atoms with Crippen LogP contribution in [0.1, 0.15) is 30.7 Å². The molecule has 1 unspecified atom stereocenters. The van der Waals surface area contributed by atoms with E-state index >= 15 is 0 Å². The molecular formula is C11H17ClN2S. The van der Waals surface area contributed by atoms with E-state index in [-0.39, 0.29) is 0 Å². The number of thiazole rings is 1. The Hall–Kier alpha value is -0.120. The predicted octanol–water partition coefficient (Wildman–Crippen LogP) is 3.13. The van der Waals surface area contributed by atoms with Gasteiger partial charge in [-0.1, -0.05) is 6.42 Å². The molecule has 0 aromatic carbocycles. The van der Waals surface area contributed by atoms with Crippen LogP contribution in [0.15, 0.2) is 11.6 Å². The van der Waals surface area contributed by atoms with Crippen molar-refractivity contribution in [3.05, 3.63) is 16.6 Å². The minimum atomic E-state index is 0.681. The lowest BCUT2D eigenvalue weighted by Crippen LogP contribution is -2.39. The van der Waals surface area contributed by atoms with Gasteiger partial charge in [0, 0.05) is 23.5 Å². The van der Waals surface area contributed by atoms with Gasteiger partial charge in [-0.15, -0.1) is 22.9 Å². The molecule has 0 saturated carbocycles. The number of likely N-dealkylation sites (tertiary alicyclic amines) is 1. The molecule has 2 nitrogen and oxygen atoms in total. The van der Waals surface area contributed by atoms with Gasteiger partial charge in [-0.25, -0.2) is 4.98 Å². The van der Waals surface area contributed by atoms with Crippen LogP contribution in [0.5, 0.6) is 0 Å². The summed E-state index contributed by atoms with van der Waals surface area (Å²) >= 11 is 7.59. The van der Waals surface area contributed by atoms with Crippen molar-refractivity contribution >= 4 is 22.9 Å². The third-order valence-electron chi connectivity index (χ3n) is 3.01. The molecule has 0 aliphatic carbocycles. The Labute approximate surface area is 100 Å². The van der Waals surface area contributed by atoms with Gasteiger partial charge in [0.1, 0.15) is 5.01 Å². The smallest absolute Gasteiger partial charge is 0.107 e. The Balaban J connectivity index is 1.92. The SMILES string of the molecule is ClCCC1CCCCN1Cc1nccs1. The second kappa shape index (κ2) is 5.83. The first-order valence-electron chi connectivity index (χ1n) is 5.58. The molecule has 84 valence electrons. The maximum absolute atomic E-state index is 5.84. The first kappa shape index (κ1) is 11.4. The van der Waals surface area contributed by atoms with Gasteiger partial charge in [-0.2, -0.15) is 0 Å². The van der Waals surface area contributed by atoms with E-state index in [1.54, 1.807) is 11.3 Å². The Kier molecular flexibility index (Phi) is 4.42. The Bertz CT molecular complexity index is 274. The van der Waals surface area contributed by atoms with E-state index in [0.29, 0.717) is 6.04 Å². The molecular weight excluding hydrogens is 228 g/mol. The number of hydrogen-bond acceptors (Lipinski definition) is 3. The van der Waals surface area contributed by atoms with Crippen LogP contribution in [0.3, 0.4) is 0 Å². The van der Waals surface area contributed by atoms with Crippen molar-refractivity contribution in [1.82, 2.24) is 9.88 Å². The highest BCUT2D eigenvalue weighted by Gasteiger charge is 2.22. The normalized spacial score (nSPS) is 23.1. The van der Waals surface area contributed by atoms with E-state index in [0.717, 1.165) is 18.8 Å². The van der Waals surface area contributed by atoms with Crippen molar-refractivity contribution < 1.29 is 0 Å². The van der Waals surface area contributed by atoms with Crippen LogP contribution in [0.4, 0.5) is 0 Å². The van der Waals surface area contributed by atoms with Crippen LogP contribution in [0, 0.1) is 0 Å². The lowest BCUT2D eigenvalue weighted by atomic mass is 10.0. The zero-order valence-electron chi connectivity index (χ0n) is 8.86. The van der Waals surface area contributed by atoms with Gasteiger partial charge < -0.3 is 0 Å². The maximum Gasteiger partial charge on any atom is 0.107 e. The van der Waals surface area contributed by atoms with Crippen molar-refractivity contribution in [3.63, 3.8) is 0 Å². The van der Waals surface area contributed by atoms with Crippen LogP contribution in [0.2, 0.25) is 0 Å². The van der Waals surface area contributed by atoms with E-state index in [2.05, 4.69) is 15.3 Å². The summed E-state index contributed by atoms with van der Waals surface area (Å²) in [6.45, 7) is 2.22. The summed E-state index contributed by atoms with van der Waals surface area (Å²) in [4.78, 5) is 6.90. The number of halogens is 1. The predicted molar refractivity (Wildman–Crippen MR) is 65.5 cm³/mol. The minimum Gasteiger partial charge on any atom is -0.294 e. The molecule has 15 heavy (non-hydrogen) atoms. The fraction of sp³-hybridized carbons (Fsp3) is 0.727. The van der Waals surface area contributed by atoms with Crippen LogP contribution in [-0.4, -0.2) is 28.4 Å². The number of aromatic nitrogens is 1. The Morgan fingerprint density at radius 2 is 2.47 bits per heavy atom. The number of alkyl halides is 1. The highest BCUT2D eigenvalue weighted by molar-refractivity contribution is 7.09. The first-order chi connectivity index (χ1) is 7.40. The zero-order chi connectivity index (χ0) is 10.5. The molecule has 0 spiro atoms. The zero-order valence-corrected chi connectivity index (χ0v) is 10.4. The summed E-state index contributed by atoms with van der Waals surface area (Å²) in [5, 5.41) is 3.28. The third kappa shape index (κ3) is 3.16. The molecule has 1 fully saturated rings. The van der Waals surface area contributed by atoms with Crippen LogP contribution in [0.25, 0.3) is 0 Å². The molecule has 1 atom stereocenters. The van der Waals surface area contributed by atoms with Gasteiger partial charge in [0.15, 0.2) is 0 Å². The largest absolute Gasteiger partial charge is 0.294 e. The minimum absolute atomic E-state index is 0.681. The summed E-state index contributed by atoms with van der Waals surface area (Å²) in [5.74, 6) is 0.777. The molecule has 1 aromatic heterocycles. The van der Waals surface area contributed by atoms with Crippen LogP contribution in [-0.2, 0) is 6.54 Å². The summed E-state index contributed by atoms with van der Waals surface area (Å²) < 4.78 is 0. The molecule has 1 aliphatic heterocycles. The van der Waals surface area contributed by atoms with Gasteiger partial charge in [-0.3, -0.25) is 4.90 Å². The average molecular weight is 245 g/mol. The highest BCUT2D eigenvalue weighted by atomic mass is 35.5. The Morgan fingerprint density at radius 1 is 1.53 bits per heavy atom. The summed E-state index contributed by atoms with van der Waals surface area (Å²) in [7, 11) is 0. The average Bonchev–Trinajstić information content (AvgIpc) is 2.74. The summed E-state index contributed by atoms with van der Waals surface area (Å²) in [6, 6.07) is 0.681. The summed E-state index contributed by atoms with van der Waals surface area (Å²) in [6.07, 6.45) is 6.99. The topological polar surface area (TPSA) is 16.1 Å². The number of nitrogens with zero attached hydrogens (tertiary/aromatic N) is 2. The second-order valence-corrected chi connectivity index (χ2v) is 5.38. The van der Waals surface area contributed by atoms with E-state index < -0.39 is 0 Å². The lowest BCUT2D eigenvalue weighted by Gasteiger charge is -2.34. The van der Waals surface area contributed by atoms with Gasteiger partial charge in [0.05, 0.1) is 6.54 Å². The van der Waals surface area contributed by atoms with Gasteiger partial charge in [0.2, 0.25) is 0 Å². The lowest BCUT2D eigenvalue weighted by molar-refractivity contribution is 0.136. The van der Waals surface area contributed by atoms with Crippen molar-refractivity contribution in [2.75, 3.05) is 12.4 Å². The van der Waals surface area contributed by atoms with Crippen LogP contribution >= 0.6 is 22.9 Å². The molecule has 1 aromatic rings. The van der Waals surface area contributed by atoms with E-state index in [9.17, 15) is 0 Å². The maximum atomic E-state index is 5.84. The standard InChI is InChI=1S/C11H17ClN2S/c12-5-4-10-3-1-2-7-14(10)9-11-13-6-8-15-11/h6,8,10H,1-5,7,9H2. The number of rotatable bonds is 4. The molecule has 1 saturated heterocycles. The summed E-state index contributed by atoms with van der Waals surface area (Å²) in [5.41, 5.74) is 0. The van der Waals surface area contributed by atoms with Gasteiger partial charge >= 0.3 is 0 Å². The van der Waals surface area contributed by atoms with Crippen molar-refractivity contribution in [2.24, 2.45) is 0 Å². The molecule has 2 rings (SSSR count). The van der Waals surface area contributed by atoms with Crippen molar-refractivity contribution in [3.8, 4) is 0 Å². The number of hydrogen-bond donors (Lipinski definition) is 0. The number of piperidine rings is 1. The third-order valence-corrected chi connectivity index (χ3v) is 4.00. The fourth-order valence-corrected chi connectivity index (χ4v) is 3.12. The van der Waals surface area contributed by atoms with Gasteiger partial charge in [-0.05, 0) is 25.8 Å². The molecule has 0 bridgehead atoms. The van der Waals surface area contributed by atoms with E-state index in [4.69, 9.17) is 11.6 Å². The van der Waals surface area contributed by atoms with Crippen molar-refractivity contribution in [2.45, 2.75) is 38.3 Å². The quantitative estimate of drug-likeness (QED) is 0.757. The monoisotopic (exact) mass is 244 g/mol. The molecule has 2 heterocycles. The highest BCUT2D eigenvalue weighted by Crippen LogP contribution is 2.22. The molecule has 0 amide bonds. The van der Waals surface area contributed by atoms with Crippen LogP contribution < -0.4 is 0 Å². The molecule has 1 aliphatic rings. The second-order valence-electron chi connectivity index (χ2n) is 4.02. The molecule has 0 radical (unpaired) electrons. The fourth-order valence-electron chi connectivity index (χ4n) is 2.23. The molecule has 0 N–H and O–H groups in total. The van der Waals surface area contributed by atoms with E-state index in [1.165, 1.54) is 30.8 Å². The van der Waals surface area contributed by atoms with E-state index in [1.807, 2.05) is 6.20 Å².